The molecule has 0 spiro atoms. The van der Waals surface area contributed by atoms with Crippen LogP contribution in [-0.4, -0.2) is 77.1 Å². The number of likely N-dealkylation sites (tertiary alicyclic amines) is 1. The lowest BCUT2D eigenvalue weighted by molar-refractivity contribution is -0.0884. The molecule has 0 aliphatic carbocycles. The van der Waals surface area contributed by atoms with E-state index in [1.807, 2.05) is 11.8 Å². The van der Waals surface area contributed by atoms with Crippen LogP contribution in [0.4, 0.5) is 24.8 Å². The maximum absolute atomic E-state index is 12.9. The summed E-state index contributed by atoms with van der Waals surface area (Å²) in [5.74, 6) is -1.28. The molecule has 4 aromatic rings. The molecule has 4 N–H and O–H groups in total. The van der Waals surface area contributed by atoms with Gasteiger partial charge in [-0.2, -0.15) is 23.3 Å². The number of nitrogens with one attached hydrogen (secondary N) is 2. The average Bonchev–Trinajstić information content (AvgIpc) is 3.50. The zero-order chi connectivity index (χ0) is 25.6. The number of aliphatic hydroxyl groups is 2. The molecule has 0 amide bonds. The number of aryl methyl sites for hydroxylation is 1. The van der Waals surface area contributed by atoms with Gasteiger partial charge in [0.1, 0.15) is 0 Å². The fourth-order valence-corrected chi connectivity index (χ4v) is 4.19. The first-order valence-electron chi connectivity index (χ1n) is 11.1. The summed E-state index contributed by atoms with van der Waals surface area (Å²) in [6, 6.07) is 6.27. The van der Waals surface area contributed by atoms with Crippen LogP contribution in [0.2, 0.25) is 0 Å². The zero-order valence-corrected chi connectivity index (χ0v) is 19.0. The van der Waals surface area contributed by atoms with Crippen molar-refractivity contribution in [2.75, 3.05) is 18.4 Å². The Kier molecular flexibility index (Phi) is 5.98. The van der Waals surface area contributed by atoms with Crippen molar-refractivity contribution in [1.82, 2.24) is 29.6 Å². The van der Waals surface area contributed by atoms with E-state index >= 15 is 0 Å². The van der Waals surface area contributed by atoms with Gasteiger partial charge in [-0.1, -0.05) is 0 Å². The zero-order valence-electron chi connectivity index (χ0n) is 19.0. The molecule has 3 aromatic heterocycles. The van der Waals surface area contributed by atoms with Crippen molar-refractivity contribution in [3.05, 3.63) is 59.7 Å². The Morgan fingerprint density at radius 1 is 1.22 bits per heavy atom. The van der Waals surface area contributed by atoms with E-state index in [9.17, 15) is 28.2 Å². The number of rotatable bonds is 6. The Morgan fingerprint density at radius 3 is 2.69 bits per heavy atom. The van der Waals surface area contributed by atoms with Crippen LogP contribution in [-0.2, 0) is 6.54 Å². The van der Waals surface area contributed by atoms with Gasteiger partial charge >= 0.3 is 6.18 Å². The van der Waals surface area contributed by atoms with Crippen molar-refractivity contribution in [3.8, 4) is 5.82 Å². The number of hydrogen-bond acceptors (Lipinski definition) is 8. The van der Waals surface area contributed by atoms with Gasteiger partial charge in [-0.05, 0) is 25.1 Å². The van der Waals surface area contributed by atoms with Gasteiger partial charge in [0.25, 0.3) is 5.78 Å². The van der Waals surface area contributed by atoms with Gasteiger partial charge in [-0.25, -0.2) is 9.67 Å². The first kappa shape index (κ1) is 23.9. The van der Waals surface area contributed by atoms with E-state index in [4.69, 9.17) is 0 Å². The summed E-state index contributed by atoms with van der Waals surface area (Å²) >= 11 is 0. The number of alkyl halides is 3. The monoisotopic (exact) mass is 501 g/mol. The molecular formula is C23H22F3N7O3. The second kappa shape index (κ2) is 9.00. The van der Waals surface area contributed by atoms with Crippen LogP contribution in [0.5, 0.6) is 0 Å². The summed E-state index contributed by atoms with van der Waals surface area (Å²) in [6.45, 7) is 3.09. The lowest BCUT2D eigenvalue weighted by Gasteiger charge is -2.13. The third-order valence-corrected chi connectivity index (χ3v) is 6.04. The van der Waals surface area contributed by atoms with Crippen molar-refractivity contribution in [3.63, 3.8) is 0 Å². The lowest BCUT2D eigenvalue weighted by Crippen LogP contribution is -2.22. The number of halogens is 3. The van der Waals surface area contributed by atoms with E-state index in [0.717, 1.165) is 17.5 Å². The summed E-state index contributed by atoms with van der Waals surface area (Å²) in [4.78, 5) is 25.0. The Morgan fingerprint density at radius 2 is 1.97 bits per heavy atom. The topological polar surface area (TPSA) is 132 Å². The van der Waals surface area contributed by atoms with Crippen molar-refractivity contribution in [2.24, 2.45) is 0 Å². The van der Waals surface area contributed by atoms with Crippen LogP contribution in [0.25, 0.3) is 16.7 Å². The van der Waals surface area contributed by atoms with Gasteiger partial charge in [0.2, 0.25) is 5.95 Å². The summed E-state index contributed by atoms with van der Waals surface area (Å²) < 4.78 is 40.4. The number of nitrogens with zero attached hydrogens (tertiary/aromatic N) is 5. The maximum Gasteiger partial charge on any atom is 0.454 e. The van der Waals surface area contributed by atoms with Gasteiger partial charge in [0, 0.05) is 66.4 Å². The summed E-state index contributed by atoms with van der Waals surface area (Å²) in [6.07, 6.45) is -2.16. The van der Waals surface area contributed by atoms with Crippen molar-refractivity contribution < 1.29 is 28.2 Å². The molecular weight excluding hydrogens is 479 g/mol. The van der Waals surface area contributed by atoms with Crippen LogP contribution in [0, 0.1) is 6.92 Å². The van der Waals surface area contributed by atoms with E-state index in [0.29, 0.717) is 36.7 Å². The molecule has 36 heavy (non-hydrogen) atoms. The highest BCUT2D eigenvalue weighted by Gasteiger charge is 2.40. The predicted molar refractivity (Wildman–Crippen MR) is 123 cm³/mol. The molecule has 5 rings (SSSR count). The van der Waals surface area contributed by atoms with Crippen molar-refractivity contribution >= 4 is 28.3 Å². The molecule has 188 valence electrons. The third kappa shape index (κ3) is 4.67. The third-order valence-electron chi connectivity index (χ3n) is 6.04. The van der Waals surface area contributed by atoms with Gasteiger partial charge in [0.05, 0.1) is 23.5 Å². The van der Waals surface area contributed by atoms with Gasteiger partial charge in [0.15, 0.2) is 5.82 Å². The summed E-state index contributed by atoms with van der Waals surface area (Å²) in [7, 11) is 0. The minimum atomic E-state index is -4.98. The number of ketones is 1. The fourth-order valence-electron chi connectivity index (χ4n) is 4.19. The molecule has 1 aliphatic heterocycles. The van der Waals surface area contributed by atoms with Crippen LogP contribution >= 0.6 is 0 Å². The van der Waals surface area contributed by atoms with E-state index in [1.54, 1.807) is 29.1 Å². The number of fused-ring (bicyclic) bond motifs is 1. The number of aromatic nitrogens is 5. The molecule has 1 aliphatic rings. The van der Waals surface area contributed by atoms with Crippen LogP contribution < -0.4 is 5.32 Å². The van der Waals surface area contributed by atoms with E-state index in [-0.39, 0.29) is 11.3 Å². The number of carbonyl (C=O) groups is 1. The molecule has 1 aromatic carbocycles. The number of carbonyl (C=O) groups excluding carboxylic acids is 1. The molecule has 2 unspecified atom stereocenters. The summed E-state index contributed by atoms with van der Waals surface area (Å²) in [5.41, 5.74) is 2.00. The lowest BCUT2D eigenvalue weighted by atomic mass is 10.1. The second-order valence-corrected chi connectivity index (χ2v) is 8.67. The highest BCUT2D eigenvalue weighted by atomic mass is 19.4. The number of Topliss-reactive ketones (excluding diaryl/α,β-unsaturated/α-hetero) is 1. The van der Waals surface area contributed by atoms with Crippen molar-refractivity contribution in [1.29, 1.82) is 0 Å². The number of anilines is 2. The van der Waals surface area contributed by atoms with Crippen molar-refractivity contribution in [2.45, 2.75) is 31.9 Å². The Hall–Kier alpha value is -3.81. The number of H-pyrrole nitrogens is 1. The normalized spacial score (nSPS) is 18.7. The SMILES string of the molecule is Cc1nn(-c2ccnc(Nc3ccc4[nH]cc(C(=O)C(F)(F)F)c4c3)n2)cc1CN1CC(O)C(O)C1. The average molecular weight is 501 g/mol. The smallest absolute Gasteiger partial charge is 0.389 e. The predicted octanol–water partition coefficient (Wildman–Crippen LogP) is 2.48. The van der Waals surface area contributed by atoms with E-state index in [1.165, 1.54) is 12.3 Å². The second-order valence-electron chi connectivity index (χ2n) is 8.67. The quantitative estimate of drug-likeness (QED) is 0.296. The van der Waals surface area contributed by atoms with Crippen LogP contribution in [0.1, 0.15) is 21.6 Å². The standard InChI is InChI=1S/C23H22F3N7O3/c1-12-13(8-32-10-18(34)19(35)11-32)9-33(31-12)20-4-5-27-22(30-20)29-14-2-3-17-15(6-14)16(7-28-17)21(36)23(24,25)26/h2-7,9,18-19,28,34-35H,8,10-11H2,1H3,(H,27,29,30). The maximum atomic E-state index is 12.9. The van der Waals surface area contributed by atoms with Crippen LogP contribution in [0.15, 0.2) is 42.9 Å². The number of aromatic amines is 1. The number of hydrogen-bond donors (Lipinski definition) is 4. The van der Waals surface area contributed by atoms with Gasteiger partial charge in [-0.15, -0.1) is 0 Å². The minimum Gasteiger partial charge on any atom is -0.389 e. The molecule has 4 heterocycles. The molecule has 1 saturated heterocycles. The Balaban J connectivity index is 1.36. The van der Waals surface area contributed by atoms with Gasteiger partial charge in [-0.3, -0.25) is 9.69 Å². The molecule has 10 nitrogen and oxygen atoms in total. The fraction of sp³-hybridized carbons (Fsp3) is 0.304. The number of aliphatic hydroxyl groups excluding tert-OH is 2. The van der Waals surface area contributed by atoms with E-state index in [2.05, 4.69) is 25.4 Å². The first-order chi connectivity index (χ1) is 17.1. The number of benzene rings is 1. The largest absolute Gasteiger partial charge is 0.454 e. The van der Waals surface area contributed by atoms with E-state index < -0.39 is 29.7 Å². The first-order valence-corrected chi connectivity index (χ1v) is 11.1. The Labute approximate surface area is 202 Å². The molecule has 0 saturated carbocycles. The molecule has 13 heteroatoms. The molecule has 0 radical (unpaired) electrons. The molecule has 0 bridgehead atoms. The van der Waals surface area contributed by atoms with Gasteiger partial charge < -0.3 is 20.5 Å². The summed E-state index contributed by atoms with van der Waals surface area (Å²) in [5, 5.41) is 27.1. The molecule has 2 atom stereocenters. The van der Waals surface area contributed by atoms with Crippen LogP contribution in [0.3, 0.4) is 0 Å². The Bertz CT molecular complexity index is 1420. The number of β-amino-alcohol motifs (C(OH)–C–C–N with tert-alkyl or cyclic N) is 2. The molecule has 1 fully saturated rings. The highest BCUT2D eigenvalue weighted by molar-refractivity contribution is 6.11. The highest BCUT2D eigenvalue weighted by Crippen LogP contribution is 2.29. The minimum absolute atomic E-state index is 0.128.